The van der Waals surface area contributed by atoms with Crippen LogP contribution in [-0.2, 0) is 9.53 Å². The molecule has 1 fully saturated rings. The number of nitrogens with two attached hydrogens (primary N) is 1. The SMILES string of the molecule is CCOC(C)=O.NC1CCCCC1. The summed E-state index contributed by atoms with van der Waals surface area (Å²) in [5.74, 6) is -0.211. The molecule has 1 saturated carbocycles. The second-order valence-corrected chi connectivity index (χ2v) is 3.32. The topological polar surface area (TPSA) is 52.3 Å². The van der Waals surface area contributed by atoms with Crippen LogP contribution in [0.1, 0.15) is 46.0 Å². The van der Waals surface area contributed by atoms with E-state index in [1.165, 1.54) is 39.0 Å². The summed E-state index contributed by atoms with van der Waals surface area (Å²) in [4.78, 5) is 9.82. The second kappa shape index (κ2) is 8.05. The molecule has 0 aromatic rings. The Balaban J connectivity index is 0.000000226. The number of hydrogen-bond acceptors (Lipinski definition) is 3. The van der Waals surface area contributed by atoms with Crippen molar-refractivity contribution in [2.24, 2.45) is 5.73 Å². The van der Waals surface area contributed by atoms with E-state index >= 15 is 0 Å². The van der Waals surface area contributed by atoms with E-state index in [1.807, 2.05) is 0 Å². The van der Waals surface area contributed by atoms with Crippen LogP contribution < -0.4 is 5.73 Å². The molecular formula is C10H21NO2. The molecule has 0 saturated heterocycles. The number of carbonyl (C=O) groups is 1. The minimum Gasteiger partial charge on any atom is -0.466 e. The number of ether oxygens (including phenoxy) is 1. The van der Waals surface area contributed by atoms with Gasteiger partial charge in [-0.1, -0.05) is 19.3 Å². The fourth-order valence-electron chi connectivity index (χ4n) is 1.34. The fraction of sp³-hybridized carbons (Fsp3) is 0.900. The molecular weight excluding hydrogens is 166 g/mol. The number of carbonyl (C=O) groups excluding carboxylic acids is 1. The van der Waals surface area contributed by atoms with Gasteiger partial charge in [-0.25, -0.2) is 0 Å². The average molecular weight is 187 g/mol. The van der Waals surface area contributed by atoms with Crippen LogP contribution in [0.2, 0.25) is 0 Å². The Kier molecular flexibility index (Phi) is 7.69. The van der Waals surface area contributed by atoms with Crippen molar-refractivity contribution in [3.63, 3.8) is 0 Å². The maximum atomic E-state index is 9.82. The molecule has 3 heteroatoms. The molecule has 0 bridgehead atoms. The first-order valence-corrected chi connectivity index (χ1v) is 5.05. The van der Waals surface area contributed by atoms with Gasteiger partial charge in [0.25, 0.3) is 0 Å². The van der Waals surface area contributed by atoms with Crippen molar-refractivity contribution in [3.05, 3.63) is 0 Å². The zero-order valence-corrected chi connectivity index (χ0v) is 8.71. The molecule has 78 valence electrons. The van der Waals surface area contributed by atoms with Gasteiger partial charge in [0.2, 0.25) is 0 Å². The molecule has 0 spiro atoms. The molecule has 3 nitrogen and oxygen atoms in total. The van der Waals surface area contributed by atoms with Crippen molar-refractivity contribution >= 4 is 5.97 Å². The molecule has 0 radical (unpaired) electrons. The van der Waals surface area contributed by atoms with Crippen molar-refractivity contribution < 1.29 is 9.53 Å². The van der Waals surface area contributed by atoms with Gasteiger partial charge >= 0.3 is 5.97 Å². The lowest BCUT2D eigenvalue weighted by Crippen LogP contribution is -2.22. The summed E-state index contributed by atoms with van der Waals surface area (Å²) in [6.45, 7) is 3.65. The lowest BCUT2D eigenvalue weighted by atomic mass is 9.97. The van der Waals surface area contributed by atoms with Gasteiger partial charge in [-0.15, -0.1) is 0 Å². The monoisotopic (exact) mass is 187 g/mol. The first-order valence-electron chi connectivity index (χ1n) is 5.05. The van der Waals surface area contributed by atoms with Crippen LogP contribution in [-0.4, -0.2) is 18.6 Å². The Bertz CT molecular complexity index is 131. The van der Waals surface area contributed by atoms with Crippen LogP contribution in [0.3, 0.4) is 0 Å². The Labute approximate surface area is 80.6 Å². The normalized spacial score (nSPS) is 17.2. The Morgan fingerprint density at radius 1 is 1.38 bits per heavy atom. The molecule has 13 heavy (non-hydrogen) atoms. The zero-order chi connectivity index (χ0) is 10.1. The number of hydrogen-bond donors (Lipinski definition) is 1. The van der Waals surface area contributed by atoms with Gasteiger partial charge in [0.05, 0.1) is 6.61 Å². The molecule has 1 rings (SSSR count). The van der Waals surface area contributed by atoms with Crippen LogP contribution in [0.5, 0.6) is 0 Å². The standard InChI is InChI=1S/C6H13N.C4H8O2/c7-6-4-2-1-3-5-6;1-3-6-4(2)5/h6H,1-5,7H2;3H2,1-2H3. The predicted molar refractivity (Wildman–Crippen MR) is 53.4 cm³/mol. The maximum Gasteiger partial charge on any atom is 0.302 e. The highest BCUT2D eigenvalue weighted by atomic mass is 16.5. The van der Waals surface area contributed by atoms with Crippen molar-refractivity contribution in [2.75, 3.05) is 6.61 Å². The largest absolute Gasteiger partial charge is 0.466 e. The predicted octanol–water partition coefficient (Wildman–Crippen LogP) is 1.85. The molecule has 0 amide bonds. The fourth-order valence-corrected chi connectivity index (χ4v) is 1.34. The molecule has 0 aliphatic heterocycles. The molecule has 2 N–H and O–H groups in total. The molecule has 0 aromatic heterocycles. The Hall–Kier alpha value is -0.570. The van der Waals surface area contributed by atoms with Crippen molar-refractivity contribution in [1.82, 2.24) is 0 Å². The summed E-state index contributed by atoms with van der Waals surface area (Å²) in [5, 5.41) is 0. The summed E-state index contributed by atoms with van der Waals surface area (Å²) in [6, 6.07) is 0.536. The van der Waals surface area contributed by atoms with Crippen LogP contribution in [0, 0.1) is 0 Å². The lowest BCUT2D eigenvalue weighted by Gasteiger charge is -2.15. The van der Waals surface area contributed by atoms with Gasteiger partial charge in [-0.3, -0.25) is 4.79 Å². The average Bonchev–Trinajstić information content (AvgIpc) is 2.06. The first-order chi connectivity index (χ1) is 6.16. The molecule has 0 atom stereocenters. The third-order valence-corrected chi connectivity index (χ3v) is 2.00. The van der Waals surface area contributed by atoms with Gasteiger partial charge in [0, 0.05) is 13.0 Å². The summed E-state index contributed by atoms with van der Waals surface area (Å²) in [6.07, 6.45) is 6.66. The highest BCUT2D eigenvalue weighted by Gasteiger charge is 2.06. The lowest BCUT2D eigenvalue weighted by molar-refractivity contribution is -0.140. The van der Waals surface area contributed by atoms with Crippen molar-refractivity contribution in [1.29, 1.82) is 0 Å². The van der Waals surface area contributed by atoms with Gasteiger partial charge in [-0.2, -0.15) is 0 Å². The summed E-state index contributed by atoms with van der Waals surface area (Å²) in [5.41, 5.74) is 5.63. The van der Waals surface area contributed by atoms with E-state index in [9.17, 15) is 4.79 Å². The van der Waals surface area contributed by atoms with E-state index in [0.717, 1.165) is 0 Å². The summed E-state index contributed by atoms with van der Waals surface area (Å²) >= 11 is 0. The smallest absolute Gasteiger partial charge is 0.302 e. The Morgan fingerprint density at radius 3 is 2.08 bits per heavy atom. The van der Waals surface area contributed by atoms with E-state index in [-0.39, 0.29) is 5.97 Å². The van der Waals surface area contributed by atoms with Crippen LogP contribution in [0.4, 0.5) is 0 Å². The highest BCUT2D eigenvalue weighted by Crippen LogP contribution is 2.14. The number of esters is 1. The third-order valence-electron chi connectivity index (χ3n) is 2.00. The van der Waals surface area contributed by atoms with E-state index in [0.29, 0.717) is 12.6 Å². The molecule has 0 unspecified atom stereocenters. The maximum absolute atomic E-state index is 9.82. The molecule has 0 aromatic carbocycles. The first kappa shape index (κ1) is 12.4. The van der Waals surface area contributed by atoms with E-state index < -0.39 is 0 Å². The van der Waals surface area contributed by atoms with Crippen molar-refractivity contribution in [2.45, 2.75) is 52.0 Å². The van der Waals surface area contributed by atoms with Gasteiger partial charge in [0.15, 0.2) is 0 Å². The van der Waals surface area contributed by atoms with Crippen LogP contribution >= 0.6 is 0 Å². The summed E-state index contributed by atoms with van der Waals surface area (Å²) in [7, 11) is 0. The van der Waals surface area contributed by atoms with Crippen LogP contribution in [0.25, 0.3) is 0 Å². The van der Waals surface area contributed by atoms with E-state index in [4.69, 9.17) is 5.73 Å². The molecule has 0 heterocycles. The molecule has 1 aliphatic rings. The Morgan fingerprint density at radius 2 is 1.92 bits per heavy atom. The van der Waals surface area contributed by atoms with Crippen molar-refractivity contribution in [3.8, 4) is 0 Å². The van der Waals surface area contributed by atoms with E-state index in [2.05, 4.69) is 4.74 Å². The van der Waals surface area contributed by atoms with Gasteiger partial charge in [0.1, 0.15) is 0 Å². The quantitative estimate of drug-likeness (QED) is 0.637. The highest BCUT2D eigenvalue weighted by molar-refractivity contribution is 5.65. The minimum absolute atomic E-state index is 0.211. The summed E-state index contributed by atoms with van der Waals surface area (Å²) < 4.78 is 4.40. The minimum atomic E-state index is -0.211. The molecule has 1 aliphatic carbocycles. The van der Waals surface area contributed by atoms with Gasteiger partial charge in [-0.05, 0) is 19.8 Å². The second-order valence-electron chi connectivity index (χ2n) is 3.32. The number of rotatable bonds is 1. The zero-order valence-electron chi connectivity index (χ0n) is 8.71. The van der Waals surface area contributed by atoms with E-state index in [1.54, 1.807) is 6.92 Å². The third kappa shape index (κ3) is 9.34. The van der Waals surface area contributed by atoms with Gasteiger partial charge < -0.3 is 10.5 Å². The van der Waals surface area contributed by atoms with Crippen LogP contribution in [0.15, 0.2) is 0 Å².